The number of rotatable bonds is 7. The van der Waals surface area contributed by atoms with Crippen molar-refractivity contribution in [3.8, 4) is 0 Å². The lowest BCUT2D eigenvalue weighted by molar-refractivity contribution is 0.208. The number of hydrogen-bond acceptors (Lipinski definition) is 5. The molecule has 1 saturated heterocycles. The number of nitrogens with zero attached hydrogens (tertiary/aromatic N) is 2. The second kappa shape index (κ2) is 8.67. The smallest absolute Gasteiger partial charge is 0.0651 e. The number of H-pyrrole nitrogens is 1. The molecule has 1 aromatic heterocycles. The molecule has 27 heavy (non-hydrogen) atoms. The molecule has 2 aromatic carbocycles. The van der Waals surface area contributed by atoms with Gasteiger partial charge in [0.25, 0.3) is 0 Å². The van der Waals surface area contributed by atoms with Crippen molar-refractivity contribution in [3.63, 3.8) is 0 Å². The molecule has 6 heteroatoms. The van der Waals surface area contributed by atoms with E-state index in [1.54, 1.807) is 11.9 Å². The van der Waals surface area contributed by atoms with E-state index in [1.807, 2.05) is 6.20 Å². The van der Waals surface area contributed by atoms with E-state index in [9.17, 15) is 0 Å². The van der Waals surface area contributed by atoms with Gasteiger partial charge >= 0.3 is 0 Å². The summed E-state index contributed by atoms with van der Waals surface area (Å²) >= 11 is 1.74. The van der Waals surface area contributed by atoms with Crippen LogP contribution in [0.2, 0.25) is 0 Å². The van der Waals surface area contributed by atoms with Crippen LogP contribution in [0, 0.1) is 0 Å². The highest BCUT2D eigenvalue weighted by Gasteiger charge is 2.20. The van der Waals surface area contributed by atoms with E-state index >= 15 is 0 Å². The molecule has 3 N–H and O–H groups in total. The molecule has 0 radical (unpaired) electrons. The van der Waals surface area contributed by atoms with Crippen LogP contribution >= 0.6 is 11.9 Å². The zero-order valence-corrected chi connectivity index (χ0v) is 16.6. The molecule has 142 valence electrons. The van der Waals surface area contributed by atoms with Gasteiger partial charge in [-0.15, -0.1) is 0 Å². The Kier molecular flexibility index (Phi) is 5.84. The first-order chi connectivity index (χ1) is 13.3. The normalized spacial score (nSPS) is 17.9. The third-order valence-corrected chi connectivity index (χ3v) is 5.65. The summed E-state index contributed by atoms with van der Waals surface area (Å²) in [5.41, 5.74) is 4.83. The van der Waals surface area contributed by atoms with Gasteiger partial charge in [-0.1, -0.05) is 31.0 Å². The zero-order chi connectivity index (χ0) is 18.5. The minimum absolute atomic E-state index is 0.486. The molecule has 1 aliphatic rings. The monoisotopic (exact) mass is 381 g/mol. The summed E-state index contributed by atoms with van der Waals surface area (Å²) in [7, 11) is 0. The lowest BCUT2D eigenvalue weighted by Gasteiger charge is -2.33. The van der Waals surface area contributed by atoms with Crippen LogP contribution in [0.25, 0.3) is 10.9 Å². The number of anilines is 2. The molecular formula is C21H27N5S. The van der Waals surface area contributed by atoms with Crippen molar-refractivity contribution in [1.82, 2.24) is 15.1 Å². The van der Waals surface area contributed by atoms with Crippen LogP contribution in [0.5, 0.6) is 0 Å². The molecule has 1 aliphatic heterocycles. The largest absolute Gasteiger partial charge is 0.381 e. The van der Waals surface area contributed by atoms with Crippen molar-refractivity contribution in [2.45, 2.75) is 32.4 Å². The van der Waals surface area contributed by atoms with Gasteiger partial charge in [0.05, 0.1) is 11.7 Å². The van der Waals surface area contributed by atoms with Crippen LogP contribution in [-0.4, -0.2) is 40.0 Å². The third kappa shape index (κ3) is 4.76. The molecule has 3 aromatic rings. The molecule has 0 amide bonds. The fourth-order valence-corrected chi connectivity index (χ4v) is 4.17. The van der Waals surface area contributed by atoms with Crippen molar-refractivity contribution in [1.29, 1.82) is 0 Å². The van der Waals surface area contributed by atoms with Gasteiger partial charge in [-0.05, 0) is 55.3 Å². The Morgan fingerprint density at radius 3 is 3.11 bits per heavy atom. The molecule has 5 nitrogen and oxygen atoms in total. The molecule has 0 saturated carbocycles. The maximum Gasteiger partial charge on any atom is 0.0651 e. The van der Waals surface area contributed by atoms with Gasteiger partial charge < -0.3 is 10.0 Å². The Morgan fingerprint density at radius 2 is 2.19 bits per heavy atom. The average Bonchev–Trinajstić information content (AvgIpc) is 3.15. The molecule has 1 atom stereocenters. The number of nitrogens with one attached hydrogen (secondary N) is 3. The van der Waals surface area contributed by atoms with Gasteiger partial charge in [-0.3, -0.25) is 10.00 Å². The zero-order valence-electron chi connectivity index (χ0n) is 15.7. The third-order valence-electron chi connectivity index (χ3n) is 4.98. The second-order valence-corrected chi connectivity index (χ2v) is 8.20. The van der Waals surface area contributed by atoms with Gasteiger partial charge in [0, 0.05) is 41.6 Å². The fourth-order valence-electron chi connectivity index (χ4n) is 3.73. The summed E-state index contributed by atoms with van der Waals surface area (Å²) in [6.07, 6.45) is 4.33. The SMILES string of the molecule is CCSNc1cccc(CN2CCCC(Nc3ccc4[nH]ncc4c3)C2)c1. The van der Waals surface area contributed by atoms with E-state index in [0.717, 1.165) is 29.7 Å². The first-order valence-electron chi connectivity index (χ1n) is 9.69. The van der Waals surface area contributed by atoms with E-state index in [2.05, 4.69) is 74.5 Å². The molecule has 1 fully saturated rings. The van der Waals surface area contributed by atoms with Crippen molar-refractivity contribution in [2.75, 3.05) is 28.9 Å². The summed E-state index contributed by atoms with van der Waals surface area (Å²) in [5, 5.41) is 12.0. The summed E-state index contributed by atoms with van der Waals surface area (Å²) in [6, 6.07) is 15.7. The van der Waals surface area contributed by atoms with Gasteiger partial charge in [0.2, 0.25) is 0 Å². The van der Waals surface area contributed by atoms with Crippen molar-refractivity contribution < 1.29 is 0 Å². The molecular weight excluding hydrogens is 354 g/mol. The van der Waals surface area contributed by atoms with Crippen LogP contribution in [0.1, 0.15) is 25.3 Å². The highest BCUT2D eigenvalue weighted by atomic mass is 32.2. The standard InChI is InChI=1S/C21H27N5S/c1-2-27-25-19-6-3-5-16(11-19)14-26-10-4-7-20(15-26)23-18-8-9-21-17(12-18)13-22-24-21/h3,5-6,8-9,11-13,20,23,25H,2,4,7,10,14-15H2,1H3,(H,22,24). The summed E-state index contributed by atoms with van der Waals surface area (Å²) < 4.78 is 3.40. The molecule has 0 bridgehead atoms. The Balaban J connectivity index is 1.36. The first kappa shape index (κ1) is 18.2. The van der Waals surface area contributed by atoms with Gasteiger partial charge in [-0.25, -0.2) is 0 Å². The number of aromatic nitrogens is 2. The Hall–Kier alpha value is -2.18. The minimum Gasteiger partial charge on any atom is -0.381 e. The maximum atomic E-state index is 4.11. The van der Waals surface area contributed by atoms with Crippen molar-refractivity contribution in [2.24, 2.45) is 0 Å². The fraction of sp³-hybridized carbons (Fsp3) is 0.381. The first-order valence-corrected chi connectivity index (χ1v) is 10.7. The summed E-state index contributed by atoms with van der Waals surface area (Å²) in [4.78, 5) is 2.56. The van der Waals surface area contributed by atoms with E-state index < -0.39 is 0 Å². The highest BCUT2D eigenvalue weighted by molar-refractivity contribution is 8.00. The number of aromatic amines is 1. The number of fused-ring (bicyclic) bond motifs is 1. The minimum atomic E-state index is 0.486. The van der Waals surface area contributed by atoms with Crippen molar-refractivity contribution in [3.05, 3.63) is 54.2 Å². The van der Waals surface area contributed by atoms with Gasteiger partial charge in [-0.2, -0.15) is 5.10 Å². The number of likely N-dealkylation sites (tertiary alicyclic amines) is 1. The molecule has 2 heterocycles. The maximum absolute atomic E-state index is 4.11. The Morgan fingerprint density at radius 1 is 1.22 bits per heavy atom. The van der Waals surface area contributed by atoms with E-state index in [4.69, 9.17) is 0 Å². The summed E-state index contributed by atoms with van der Waals surface area (Å²) in [5.74, 6) is 1.06. The quantitative estimate of drug-likeness (QED) is 0.517. The number of piperidine rings is 1. The van der Waals surface area contributed by atoms with Crippen LogP contribution < -0.4 is 10.0 Å². The van der Waals surface area contributed by atoms with Crippen molar-refractivity contribution >= 4 is 34.2 Å². The van der Waals surface area contributed by atoms with Crippen LogP contribution in [0.15, 0.2) is 48.7 Å². The molecule has 0 aliphatic carbocycles. The Bertz CT molecular complexity index is 878. The number of benzene rings is 2. The second-order valence-electron chi connectivity index (χ2n) is 7.13. The van der Waals surface area contributed by atoms with E-state index in [0.29, 0.717) is 6.04 Å². The molecule has 4 rings (SSSR count). The van der Waals surface area contributed by atoms with Crippen LogP contribution in [0.4, 0.5) is 11.4 Å². The number of hydrogen-bond donors (Lipinski definition) is 3. The lowest BCUT2D eigenvalue weighted by atomic mass is 10.0. The van der Waals surface area contributed by atoms with E-state index in [-0.39, 0.29) is 0 Å². The van der Waals surface area contributed by atoms with E-state index in [1.165, 1.54) is 36.3 Å². The lowest BCUT2D eigenvalue weighted by Crippen LogP contribution is -2.41. The Labute approximate surface area is 165 Å². The summed E-state index contributed by atoms with van der Waals surface area (Å²) in [6.45, 7) is 5.41. The predicted octanol–water partition coefficient (Wildman–Crippen LogP) is 4.72. The van der Waals surface area contributed by atoms with Gasteiger partial charge in [0.15, 0.2) is 0 Å². The highest BCUT2D eigenvalue weighted by Crippen LogP contribution is 2.22. The average molecular weight is 382 g/mol. The van der Waals surface area contributed by atoms with Crippen LogP contribution in [0.3, 0.4) is 0 Å². The topological polar surface area (TPSA) is 56.0 Å². The molecule has 0 spiro atoms. The van der Waals surface area contributed by atoms with Gasteiger partial charge in [0.1, 0.15) is 0 Å². The molecule has 1 unspecified atom stereocenters. The van der Waals surface area contributed by atoms with Crippen LogP contribution in [-0.2, 0) is 6.54 Å². The predicted molar refractivity (Wildman–Crippen MR) is 116 cm³/mol.